The van der Waals surface area contributed by atoms with Crippen molar-refractivity contribution < 1.29 is 19.1 Å². The van der Waals surface area contributed by atoms with Crippen molar-refractivity contribution in [1.29, 1.82) is 0 Å². The van der Waals surface area contributed by atoms with Crippen LogP contribution in [0.2, 0.25) is 0 Å². The number of rotatable bonds is 9. The molecule has 0 fully saturated rings. The highest BCUT2D eigenvalue weighted by atomic mass is 16.6. The molecule has 0 aromatic heterocycles. The van der Waals surface area contributed by atoms with Crippen molar-refractivity contribution in [1.82, 2.24) is 15.5 Å². The van der Waals surface area contributed by atoms with Gasteiger partial charge in [0.15, 0.2) is 0 Å². The molecular weight excluding hydrogens is 370 g/mol. The van der Waals surface area contributed by atoms with E-state index in [0.29, 0.717) is 6.54 Å². The normalized spacial score (nSPS) is 12.2. The van der Waals surface area contributed by atoms with Gasteiger partial charge in [-0.2, -0.15) is 0 Å². The first-order valence-electron chi connectivity index (χ1n) is 10.2. The smallest absolute Gasteiger partial charge is 0.408 e. The predicted molar refractivity (Wildman–Crippen MR) is 113 cm³/mol. The van der Waals surface area contributed by atoms with E-state index in [2.05, 4.69) is 10.6 Å². The Balaban J connectivity index is 3.06. The Labute approximate surface area is 174 Å². The number of carbonyl (C=O) groups is 3. The molecule has 0 aliphatic rings. The number of nitrogens with zero attached hydrogens (tertiary/aromatic N) is 1. The van der Waals surface area contributed by atoms with Gasteiger partial charge in [0, 0.05) is 12.6 Å². The van der Waals surface area contributed by atoms with Crippen LogP contribution < -0.4 is 10.6 Å². The van der Waals surface area contributed by atoms with Crippen molar-refractivity contribution in [2.75, 3.05) is 13.1 Å². The first-order valence-corrected chi connectivity index (χ1v) is 10.2. The summed E-state index contributed by atoms with van der Waals surface area (Å²) in [5, 5.41) is 5.40. The van der Waals surface area contributed by atoms with E-state index in [1.807, 2.05) is 51.1 Å². The number of hydrogen-bond acceptors (Lipinski definition) is 4. The molecule has 1 aromatic rings. The van der Waals surface area contributed by atoms with Crippen LogP contribution in [-0.2, 0) is 14.3 Å². The fourth-order valence-electron chi connectivity index (χ4n) is 2.76. The van der Waals surface area contributed by atoms with Crippen LogP contribution in [0.5, 0.6) is 0 Å². The van der Waals surface area contributed by atoms with Gasteiger partial charge in [0.25, 0.3) is 0 Å². The Morgan fingerprint density at radius 2 is 1.72 bits per heavy atom. The third-order valence-electron chi connectivity index (χ3n) is 3.96. The summed E-state index contributed by atoms with van der Waals surface area (Å²) in [4.78, 5) is 39.4. The van der Waals surface area contributed by atoms with Gasteiger partial charge >= 0.3 is 6.09 Å². The topological polar surface area (TPSA) is 87.7 Å². The summed E-state index contributed by atoms with van der Waals surface area (Å²) in [6.45, 7) is 11.2. The van der Waals surface area contributed by atoms with Crippen molar-refractivity contribution in [3.8, 4) is 0 Å². The minimum atomic E-state index is -0.766. The number of unbranched alkanes of at least 4 members (excludes halogenated alkanes) is 1. The average Bonchev–Trinajstić information content (AvgIpc) is 2.61. The van der Waals surface area contributed by atoms with Gasteiger partial charge in [0.1, 0.15) is 18.2 Å². The van der Waals surface area contributed by atoms with E-state index in [1.165, 1.54) is 4.90 Å². The third kappa shape index (κ3) is 8.98. The van der Waals surface area contributed by atoms with E-state index < -0.39 is 17.7 Å². The number of hydrogen-bond donors (Lipinski definition) is 2. The molecule has 1 rings (SSSR count). The Hall–Kier alpha value is -2.57. The summed E-state index contributed by atoms with van der Waals surface area (Å²) in [6, 6.07) is 8.38. The predicted octanol–water partition coefficient (Wildman–Crippen LogP) is 3.41. The molecule has 0 bridgehead atoms. The molecule has 29 heavy (non-hydrogen) atoms. The van der Waals surface area contributed by atoms with Gasteiger partial charge in [0.05, 0.1) is 0 Å². The molecule has 162 valence electrons. The molecule has 0 saturated carbocycles. The minimum absolute atomic E-state index is 0.0586. The number of carbonyl (C=O) groups excluding carboxylic acids is 3. The monoisotopic (exact) mass is 405 g/mol. The molecule has 1 unspecified atom stereocenters. The fourth-order valence-corrected chi connectivity index (χ4v) is 2.76. The molecule has 0 saturated heterocycles. The fraction of sp³-hybridized carbons (Fsp3) is 0.591. The van der Waals surface area contributed by atoms with Gasteiger partial charge in [-0.15, -0.1) is 0 Å². The lowest BCUT2D eigenvalue weighted by Crippen LogP contribution is -2.49. The van der Waals surface area contributed by atoms with Crippen LogP contribution in [0.3, 0.4) is 0 Å². The zero-order valence-corrected chi connectivity index (χ0v) is 18.5. The van der Waals surface area contributed by atoms with Gasteiger partial charge < -0.3 is 20.3 Å². The summed E-state index contributed by atoms with van der Waals surface area (Å²) in [5.41, 5.74) is 0.0750. The lowest BCUT2D eigenvalue weighted by Gasteiger charge is -2.32. The Bertz CT molecular complexity index is 668. The number of nitrogens with one attached hydrogen (secondary N) is 2. The number of benzene rings is 1. The molecule has 0 radical (unpaired) electrons. The van der Waals surface area contributed by atoms with E-state index in [9.17, 15) is 14.4 Å². The molecule has 1 aromatic carbocycles. The van der Waals surface area contributed by atoms with Crippen LogP contribution in [0, 0.1) is 0 Å². The van der Waals surface area contributed by atoms with Crippen molar-refractivity contribution in [3.05, 3.63) is 35.9 Å². The molecular formula is C22H35N3O4. The summed E-state index contributed by atoms with van der Waals surface area (Å²) in [6.07, 6.45) is 0.955. The molecule has 7 heteroatoms. The molecule has 7 nitrogen and oxygen atoms in total. The van der Waals surface area contributed by atoms with Crippen LogP contribution in [0.4, 0.5) is 4.79 Å². The highest BCUT2D eigenvalue weighted by Gasteiger charge is 2.31. The zero-order valence-electron chi connectivity index (χ0n) is 18.5. The molecule has 0 aliphatic carbocycles. The molecule has 0 aliphatic heterocycles. The highest BCUT2D eigenvalue weighted by molar-refractivity contribution is 5.90. The van der Waals surface area contributed by atoms with Crippen molar-refractivity contribution >= 4 is 17.9 Å². The van der Waals surface area contributed by atoms with Crippen LogP contribution in [0.1, 0.15) is 66.0 Å². The van der Waals surface area contributed by atoms with Gasteiger partial charge in [-0.3, -0.25) is 9.59 Å². The quantitative estimate of drug-likeness (QED) is 0.659. The summed E-state index contributed by atoms with van der Waals surface area (Å²) >= 11 is 0. The van der Waals surface area contributed by atoms with Crippen molar-refractivity contribution in [3.63, 3.8) is 0 Å². The van der Waals surface area contributed by atoms with Crippen LogP contribution in [0.25, 0.3) is 0 Å². The van der Waals surface area contributed by atoms with Crippen molar-refractivity contribution in [2.45, 2.75) is 72.1 Å². The summed E-state index contributed by atoms with van der Waals surface area (Å²) in [7, 11) is 0. The summed E-state index contributed by atoms with van der Waals surface area (Å²) in [5.74, 6) is -0.579. The second-order valence-electron chi connectivity index (χ2n) is 8.27. The first kappa shape index (κ1) is 24.5. The lowest BCUT2D eigenvalue weighted by atomic mass is 10.0. The number of alkyl carbamates (subject to hydrolysis) is 1. The van der Waals surface area contributed by atoms with Crippen LogP contribution >= 0.6 is 0 Å². The molecule has 2 N–H and O–H groups in total. The SMILES string of the molecule is CCCCN(C(=O)CNC(=O)OC(C)(C)C)C(C(=O)NC(C)C)c1ccccc1. The third-order valence-corrected chi connectivity index (χ3v) is 3.96. The lowest BCUT2D eigenvalue weighted by molar-refractivity contribution is -0.140. The maximum atomic E-state index is 13.0. The minimum Gasteiger partial charge on any atom is -0.444 e. The van der Waals surface area contributed by atoms with Crippen LogP contribution in [-0.4, -0.2) is 47.5 Å². The van der Waals surface area contributed by atoms with Crippen molar-refractivity contribution in [2.24, 2.45) is 0 Å². The van der Waals surface area contributed by atoms with E-state index in [4.69, 9.17) is 4.74 Å². The second-order valence-corrected chi connectivity index (χ2v) is 8.27. The summed E-state index contributed by atoms with van der Waals surface area (Å²) < 4.78 is 5.19. The van der Waals surface area contributed by atoms with Gasteiger partial charge in [-0.25, -0.2) is 4.79 Å². The first-order chi connectivity index (χ1) is 13.5. The van der Waals surface area contributed by atoms with Gasteiger partial charge in [-0.1, -0.05) is 43.7 Å². The average molecular weight is 406 g/mol. The van der Waals surface area contributed by atoms with Crippen LogP contribution in [0.15, 0.2) is 30.3 Å². The molecule has 1 atom stereocenters. The molecule has 0 spiro atoms. The maximum Gasteiger partial charge on any atom is 0.408 e. The van der Waals surface area contributed by atoms with Gasteiger partial charge in [0.2, 0.25) is 11.8 Å². The van der Waals surface area contributed by atoms with E-state index in [0.717, 1.165) is 18.4 Å². The Kier molecular flexibility index (Phi) is 9.65. The molecule has 0 heterocycles. The number of amides is 3. The Morgan fingerprint density at radius 3 is 2.24 bits per heavy atom. The van der Waals surface area contributed by atoms with E-state index >= 15 is 0 Å². The van der Waals surface area contributed by atoms with E-state index in [-0.39, 0.29) is 24.4 Å². The second kappa shape index (κ2) is 11.4. The number of ether oxygens (including phenoxy) is 1. The standard InChI is InChI=1S/C22H35N3O4/c1-7-8-14-25(18(26)15-23-21(28)29-22(4,5)6)19(20(27)24-16(2)3)17-12-10-9-11-13-17/h9-13,16,19H,7-8,14-15H2,1-6H3,(H,23,28)(H,24,27). The maximum absolute atomic E-state index is 13.0. The van der Waals surface area contributed by atoms with E-state index in [1.54, 1.807) is 20.8 Å². The van der Waals surface area contributed by atoms with Gasteiger partial charge in [-0.05, 0) is 46.6 Å². The molecule has 3 amide bonds. The zero-order chi connectivity index (χ0) is 22.0. The largest absolute Gasteiger partial charge is 0.444 e. The Morgan fingerprint density at radius 1 is 1.10 bits per heavy atom. The highest BCUT2D eigenvalue weighted by Crippen LogP contribution is 2.22.